The first-order chi connectivity index (χ1) is 7.15. The van der Waals surface area contributed by atoms with Crippen LogP contribution in [0.3, 0.4) is 0 Å². The summed E-state index contributed by atoms with van der Waals surface area (Å²) in [4.78, 5) is 24.0. The summed E-state index contributed by atoms with van der Waals surface area (Å²) in [5.74, 6) is -0.488. The summed E-state index contributed by atoms with van der Waals surface area (Å²) in [5.41, 5.74) is 0. The Hall–Kier alpha value is -1.10. The number of likely N-dealkylation sites (N-methyl/N-ethyl adjacent to an activating group) is 1. The van der Waals surface area contributed by atoms with Crippen molar-refractivity contribution in [1.82, 2.24) is 4.90 Å². The number of esters is 1. The summed E-state index contributed by atoms with van der Waals surface area (Å²) in [5, 5.41) is 0. The zero-order valence-electron chi connectivity index (χ0n) is 9.62. The van der Waals surface area contributed by atoms with Crippen LogP contribution in [0.1, 0.15) is 20.3 Å². The predicted octanol–water partition coefficient (Wildman–Crippen LogP) is 0.435. The van der Waals surface area contributed by atoms with Crippen LogP contribution in [0, 0.1) is 0 Å². The second-order valence-corrected chi connectivity index (χ2v) is 2.93. The first-order valence-electron chi connectivity index (χ1n) is 5.08. The number of hydrogen-bond acceptors (Lipinski definition) is 4. The smallest absolute Gasteiger partial charge is 0.325 e. The molecule has 0 rings (SSSR count). The van der Waals surface area contributed by atoms with Gasteiger partial charge in [0.1, 0.15) is 6.54 Å². The fourth-order valence-corrected chi connectivity index (χ4v) is 1.06. The number of methoxy groups -OCH3 is 1. The Balaban J connectivity index is 3.93. The molecule has 0 aromatic heterocycles. The normalized spacial score (nSPS) is 9.80. The van der Waals surface area contributed by atoms with Gasteiger partial charge in [-0.3, -0.25) is 9.59 Å². The molecule has 0 unspecified atom stereocenters. The van der Waals surface area contributed by atoms with Gasteiger partial charge < -0.3 is 14.4 Å². The molecule has 0 aromatic carbocycles. The lowest BCUT2D eigenvalue weighted by Gasteiger charge is -2.19. The van der Waals surface area contributed by atoms with Crippen molar-refractivity contribution >= 4 is 11.9 Å². The van der Waals surface area contributed by atoms with Gasteiger partial charge in [0, 0.05) is 13.2 Å². The number of amides is 1. The average Bonchev–Trinajstić information content (AvgIpc) is 2.25. The van der Waals surface area contributed by atoms with E-state index in [0.29, 0.717) is 26.2 Å². The Morgan fingerprint density at radius 2 is 1.93 bits per heavy atom. The maximum Gasteiger partial charge on any atom is 0.325 e. The van der Waals surface area contributed by atoms with Gasteiger partial charge in [0.2, 0.25) is 5.91 Å². The number of hydrogen-bond donors (Lipinski definition) is 0. The van der Waals surface area contributed by atoms with Gasteiger partial charge in [-0.05, 0) is 13.8 Å². The molecule has 0 aliphatic carbocycles. The molecule has 0 spiro atoms. The summed E-state index contributed by atoms with van der Waals surface area (Å²) >= 11 is 0. The molecule has 0 fully saturated rings. The number of carbonyl (C=O) groups excluding carboxylic acids is 2. The molecule has 0 saturated heterocycles. The number of rotatable bonds is 7. The molecule has 0 atom stereocenters. The lowest BCUT2D eigenvalue weighted by molar-refractivity contribution is -0.147. The standard InChI is InChI=1S/C10H19NO4/c1-4-11(8-10(13)14-3)9(12)6-7-15-5-2/h4-8H2,1-3H3. The fourth-order valence-electron chi connectivity index (χ4n) is 1.06. The highest BCUT2D eigenvalue weighted by Crippen LogP contribution is 1.95. The molecule has 0 bridgehead atoms. The van der Waals surface area contributed by atoms with E-state index >= 15 is 0 Å². The van der Waals surface area contributed by atoms with Gasteiger partial charge in [-0.25, -0.2) is 0 Å². The van der Waals surface area contributed by atoms with Gasteiger partial charge in [0.15, 0.2) is 0 Å². The minimum atomic E-state index is -0.401. The fraction of sp³-hybridized carbons (Fsp3) is 0.800. The largest absolute Gasteiger partial charge is 0.468 e. The van der Waals surface area contributed by atoms with Gasteiger partial charge in [0.05, 0.1) is 20.1 Å². The lowest BCUT2D eigenvalue weighted by atomic mass is 10.3. The molecule has 5 nitrogen and oxygen atoms in total. The highest BCUT2D eigenvalue weighted by Gasteiger charge is 2.14. The van der Waals surface area contributed by atoms with E-state index in [1.54, 1.807) is 0 Å². The third kappa shape index (κ3) is 6.06. The van der Waals surface area contributed by atoms with Crippen LogP contribution in [0.5, 0.6) is 0 Å². The molecular formula is C10H19NO4. The van der Waals surface area contributed by atoms with E-state index in [2.05, 4.69) is 4.74 Å². The van der Waals surface area contributed by atoms with E-state index < -0.39 is 5.97 Å². The molecule has 0 aliphatic heterocycles. The summed E-state index contributed by atoms with van der Waals surface area (Å²) in [6.07, 6.45) is 0.304. The number of nitrogens with zero attached hydrogens (tertiary/aromatic N) is 1. The Kier molecular flexibility index (Phi) is 7.62. The van der Waals surface area contributed by atoms with E-state index in [1.165, 1.54) is 12.0 Å². The monoisotopic (exact) mass is 217 g/mol. The molecule has 0 heterocycles. The minimum absolute atomic E-state index is 0.0119. The van der Waals surface area contributed by atoms with Gasteiger partial charge in [-0.1, -0.05) is 0 Å². The molecule has 88 valence electrons. The van der Waals surface area contributed by atoms with Crippen LogP contribution in [-0.2, 0) is 19.1 Å². The second-order valence-electron chi connectivity index (χ2n) is 2.93. The molecule has 15 heavy (non-hydrogen) atoms. The highest BCUT2D eigenvalue weighted by molar-refractivity contribution is 5.82. The number of ether oxygens (including phenoxy) is 2. The summed E-state index contributed by atoms with van der Waals surface area (Å²) < 4.78 is 9.56. The third-order valence-electron chi connectivity index (χ3n) is 1.95. The molecular weight excluding hydrogens is 198 g/mol. The van der Waals surface area contributed by atoms with Crippen molar-refractivity contribution < 1.29 is 19.1 Å². The molecule has 0 N–H and O–H groups in total. The van der Waals surface area contributed by atoms with Crippen LogP contribution in [0.25, 0.3) is 0 Å². The maximum atomic E-state index is 11.5. The van der Waals surface area contributed by atoms with Crippen LogP contribution in [0.2, 0.25) is 0 Å². The van der Waals surface area contributed by atoms with Crippen molar-refractivity contribution in [2.24, 2.45) is 0 Å². The first kappa shape index (κ1) is 13.9. The molecule has 0 aromatic rings. The van der Waals surface area contributed by atoms with Crippen molar-refractivity contribution in [3.63, 3.8) is 0 Å². The van der Waals surface area contributed by atoms with E-state index in [4.69, 9.17) is 4.74 Å². The quantitative estimate of drug-likeness (QED) is 0.458. The van der Waals surface area contributed by atoms with Gasteiger partial charge in [-0.2, -0.15) is 0 Å². The molecule has 0 aliphatic rings. The first-order valence-corrected chi connectivity index (χ1v) is 5.08. The SMILES string of the molecule is CCOCCC(=O)N(CC)CC(=O)OC. The van der Waals surface area contributed by atoms with Gasteiger partial charge >= 0.3 is 5.97 Å². The Morgan fingerprint density at radius 1 is 1.27 bits per heavy atom. The Labute approximate surface area is 90.3 Å². The number of carbonyl (C=O) groups is 2. The van der Waals surface area contributed by atoms with Crippen molar-refractivity contribution in [2.45, 2.75) is 20.3 Å². The van der Waals surface area contributed by atoms with Crippen LogP contribution >= 0.6 is 0 Å². The van der Waals surface area contributed by atoms with E-state index in [1.807, 2.05) is 13.8 Å². The average molecular weight is 217 g/mol. The second kappa shape index (κ2) is 8.23. The zero-order chi connectivity index (χ0) is 11.7. The summed E-state index contributed by atoms with van der Waals surface area (Å²) in [6, 6.07) is 0. The van der Waals surface area contributed by atoms with Gasteiger partial charge in [0.25, 0.3) is 0 Å². The van der Waals surface area contributed by atoms with Gasteiger partial charge in [-0.15, -0.1) is 0 Å². The zero-order valence-corrected chi connectivity index (χ0v) is 9.62. The maximum absolute atomic E-state index is 11.5. The Bertz CT molecular complexity index is 206. The van der Waals surface area contributed by atoms with Crippen LogP contribution in [0.15, 0.2) is 0 Å². The molecule has 1 amide bonds. The van der Waals surface area contributed by atoms with Crippen molar-refractivity contribution in [2.75, 3.05) is 33.4 Å². The topological polar surface area (TPSA) is 55.8 Å². The van der Waals surface area contributed by atoms with Crippen LogP contribution in [-0.4, -0.2) is 50.2 Å². The highest BCUT2D eigenvalue weighted by atomic mass is 16.5. The lowest BCUT2D eigenvalue weighted by Crippen LogP contribution is -2.36. The van der Waals surface area contributed by atoms with E-state index in [-0.39, 0.29) is 12.5 Å². The van der Waals surface area contributed by atoms with Crippen LogP contribution < -0.4 is 0 Å². The van der Waals surface area contributed by atoms with Crippen molar-refractivity contribution in [3.8, 4) is 0 Å². The third-order valence-corrected chi connectivity index (χ3v) is 1.95. The van der Waals surface area contributed by atoms with Crippen molar-refractivity contribution in [1.29, 1.82) is 0 Å². The van der Waals surface area contributed by atoms with Crippen molar-refractivity contribution in [3.05, 3.63) is 0 Å². The molecule has 0 saturated carbocycles. The Morgan fingerprint density at radius 3 is 2.40 bits per heavy atom. The minimum Gasteiger partial charge on any atom is -0.468 e. The molecule has 0 radical (unpaired) electrons. The van der Waals surface area contributed by atoms with E-state index in [0.717, 1.165) is 0 Å². The summed E-state index contributed by atoms with van der Waals surface area (Å²) in [6.45, 7) is 5.19. The van der Waals surface area contributed by atoms with Crippen LogP contribution in [0.4, 0.5) is 0 Å². The predicted molar refractivity (Wildman–Crippen MR) is 55.4 cm³/mol. The molecule has 5 heteroatoms. The summed E-state index contributed by atoms with van der Waals surface area (Å²) in [7, 11) is 1.31. The van der Waals surface area contributed by atoms with E-state index in [9.17, 15) is 9.59 Å².